The van der Waals surface area contributed by atoms with Crippen molar-refractivity contribution in [3.8, 4) is 11.4 Å². The number of carbonyl (C=O) groups is 4. The molecule has 2 aromatic rings. The molecule has 0 unspecified atom stereocenters. The summed E-state index contributed by atoms with van der Waals surface area (Å²) in [4.78, 5) is 45.6. The molecule has 2 rings (SSSR count). The number of benzene rings is 1. The van der Waals surface area contributed by atoms with E-state index in [-0.39, 0.29) is 19.2 Å². The second-order valence-electron chi connectivity index (χ2n) is 10.9. The van der Waals surface area contributed by atoms with E-state index in [0.29, 0.717) is 24.7 Å². The van der Waals surface area contributed by atoms with Crippen LogP contribution in [0.1, 0.15) is 102 Å². The summed E-state index contributed by atoms with van der Waals surface area (Å²) >= 11 is 0. The van der Waals surface area contributed by atoms with Crippen molar-refractivity contribution in [1.29, 1.82) is 0 Å². The van der Waals surface area contributed by atoms with Gasteiger partial charge in [0.2, 0.25) is 11.7 Å². The predicted octanol–water partition coefficient (Wildman–Crippen LogP) is 8.68. The highest BCUT2D eigenvalue weighted by molar-refractivity contribution is 5.81. The first-order chi connectivity index (χ1) is 24.9. The van der Waals surface area contributed by atoms with E-state index in [4.69, 9.17) is 9.26 Å². The minimum absolute atomic E-state index is 0.0000463. The third-order valence-corrected chi connectivity index (χ3v) is 6.47. The van der Waals surface area contributed by atoms with Gasteiger partial charge >= 0.3 is 24.2 Å². The Balaban J connectivity index is -0.000000588. The van der Waals surface area contributed by atoms with Crippen LogP contribution >= 0.6 is 0 Å². The standard InChI is InChI=1S/C11H12N2O.C7H10O5.C7H14O2.C7H16O.C6H12O3/c1-7-4-5-10(6-8(7)2)11-12-9(3)14-13-11;1-3-6(8)11-4-5-12-7(9)10-2;1-3-4-5-6-7(8)9-2;1-3-4-5-6-7-8-2;1-3-4-5-9-6(7)8-2/h4-6H,1-3H3;3H,1,4-5H2,2H3;3-6H2,1-2H3;3-7H2,1-2H3;3-5H2,1-2H3. The minimum Gasteiger partial charge on any atom is -0.469 e. The molecule has 0 aliphatic carbocycles. The van der Waals surface area contributed by atoms with Gasteiger partial charge < -0.3 is 37.7 Å². The van der Waals surface area contributed by atoms with Gasteiger partial charge in [0, 0.05) is 38.7 Å². The molecule has 0 N–H and O–H groups in total. The number of carbonyl (C=O) groups excluding carboxylic acids is 4. The summed E-state index contributed by atoms with van der Waals surface area (Å²) in [5, 5.41) is 3.87. The summed E-state index contributed by atoms with van der Waals surface area (Å²) in [6.07, 6.45) is 10.6. The van der Waals surface area contributed by atoms with E-state index >= 15 is 0 Å². The van der Waals surface area contributed by atoms with Gasteiger partial charge in [0.25, 0.3) is 0 Å². The largest absolute Gasteiger partial charge is 0.508 e. The number of aromatic nitrogens is 2. The first kappa shape index (κ1) is 51.9. The molecule has 0 amide bonds. The van der Waals surface area contributed by atoms with Crippen LogP contribution in [-0.2, 0) is 42.7 Å². The second kappa shape index (κ2) is 37.8. The van der Waals surface area contributed by atoms with Crippen molar-refractivity contribution in [3.05, 3.63) is 47.9 Å². The molecular weight excluding hydrogens is 676 g/mol. The van der Waals surface area contributed by atoms with Crippen molar-refractivity contribution in [2.75, 3.05) is 54.9 Å². The molecule has 0 atom stereocenters. The zero-order chi connectivity index (χ0) is 40.0. The third-order valence-electron chi connectivity index (χ3n) is 6.47. The molecule has 1 aromatic heterocycles. The first-order valence-corrected chi connectivity index (χ1v) is 17.5. The van der Waals surface area contributed by atoms with Gasteiger partial charge in [-0.1, -0.05) is 83.2 Å². The van der Waals surface area contributed by atoms with Crippen LogP contribution in [0.2, 0.25) is 0 Å². The van der Waals surface area contributed by atoms with E-state index in [1.165, 1.54) is 58.1 Å². The number of methoxy groups -OCH3 is 4. The highest BCUT2D eigenvalue weighted by Crippen LogP contribution is 2.19. The topological polar surface area (TPSA) is 172 Å². The molecular formula is C38H64N2O12. The third kappa shape index (κ3) is 34.0. The fourth-order valence-electron chi connectivity index (χ4n) is 3.34. The number of nitrogens with zero attached hydrogens (tertiary/aromatic N) is 2. The molecule has 0 saturated carbocycles. The molecule has 14 nitrogen and oxygen atoms in total. The Kier molecular flexibility index (Phi) is 37.7. The predicted molar refractivity (Wildman–Crippen MR) is 199 cm³/mol. The van der Waals surface area contributed by atoms with Crippen LogP contribution in [0.15, 0.2) is 35.4 Å². The van der Waals surface area contributed by atoms with Gasteiger partial charge in [0.15, 0.2) is 0 Å². The van der Waals surface area contributed by atoms with Gasteiger partial charge in [0.1, 0.15) is 13.2 Å². The Labute approximate surface area is 310 Å². The Bertz CT molecular complexity index is 1170. The lowest BCUT2D eigenvalue weighted by Crippen LogP contribution is -2.12. The van der Waals surface area contributed by atoms with Gasteiger partial charge in [-0.05, 0) is 50.3 Å². The van der Waals surface area contributed by atoms with Crippen molar-refractivity contribution < 1.29 is 56.9 Å². The number of hydrogen-bond acceptors (Lipinski definition) is 14. The van der Waals surface area contributed by atoms with Crippen molar-refractivity contribution >= 4 is 24.2 Å². The lowest BCUT2D eigenvalue weighted by atomic mass is 10.1. The number of hydrogen-bond donors (Lipinski definition) is 0. The maximum Gasteiger partial charge on any atom is 0.508 e. The molecule has 0 spiro atoms. The Morgan fingerprint density at radius 2 is 1.27 bits per heavy atom. The van der Waals surface area contributed by atoms with Crippen LogP contribution in [0, 0.1) is 20.8 Å². The van der Waals surface area contributed by atoms with Gasteiger partial charge in [-0.25, -0.2) is 14.4 Å². The summed E-state index contributed by atoms with van der Waals surface area (Å²) in [5.41, 5.74) is 3.52. The molecule has 0 aliphatic heterocycles. The quantitative estimate of drug-likeness (QED) is 0.0652. The van der Waals surface area contributed by atoms with Crippen molar-refractivity contribution in [2.45, 2.75) is 106 Å². The highest BCUT2D eigenvalue weighted by atomic mass is 16.7. The highest BCUT2D eigenvalue weighted by Gasteiger charge is 2.06. The second-order valence-corrected chi connectivity index (χ2v) is 10.9. The van der Waals surface area contributed by atoms with Gasteiger partial charge in [-0.2, -0.15) is 4.98 Å². The molecule has 14 heteroatoms. The minimum atomic E-state index is -0.801. The van der Waals surface area contributed by atoms with Crippen LogP contribution in [0.25, 0.3) is 11.4 Å². The van der Waals surface area contributed by atoms with E-state index in [1.54, 1.807) is 14.0 Å². The molecule has 0 fully saturated rings. The zero-order valence-electron chi connectivity index (χ0n) is 33.2. The average molecular weight is 741 g/mol. The van der Waals surface area contributed by atoms with E-state index in [0.717, 1.165) is 50.4 Å². The Morgan fingerprint density at radius 3 is 1.75 bits per heavy atom. The van der Waals surface area contributed by atoms with Crippen LogP contribution in [0.4, 0.5) is 9.59 Å². The summed E-state index contributed by atoms with van der Waals surface area (Å²) in [5.74, 6) is 0.607. The number of aryl methyl sites for hydroxylation is 3. The fraction of sp³-hybridized carbons (Fsp3) is 0.632. The van der Waals surface area contributed by atoms with E-state index in [1.807, 2.05) is 13.0 Å². The summed E-state index contributed by atoms with van der Waals surface area (Å²) in [6.45, 7) is 16.9. The fourth-order valence-corrected chi connectivity index (χ4v) is 3.34. The SMILES string of the molecule is C=CC(=O)OCCOC(=O)OC.CCCCCC(=O)OC.CCCCCCOC.CCCCOC(=O)OC.Cc1nc(-c2ccc(C)c(C)c2)no1. The molecule has 52 heavy (non-hydrogen) atoms. The normalized spacial score (nSPS) is 9.35. The Hall–Kier alpha value is -4.46. The summed E-state index contributed by atoms with van der Waals surface area (Å²) in [7, 11) is 5.67. The van der Waals surface area contributed by atoms with Gasteiger partial charge in [-0.3, -0.25) is 4.79 Å². The van der Waals surface area contributed by atoms with Crippen LogP contribution in [0.5, 0.6) is 0 Å². The van der Waals surface area contributed by atoms with E-state index in [2.05, 4.69) is 85.0 Å². The molecule has 298 valence electrons. The molecule has 0 saturated heterocycles. The van der Waals surface area contributed by atoms with Crippen molar-refractivity contribution in [1.82, 2.24) is 10.1 Å². The van der Waals surface area contributed by atoms with Crippen LogP contribution < -0.4 is 0 Å². The number of rotatable bonds is 17. The Morgan fingerprint density at radius 1 is 0.692 bits per heavy atom. The smallest absolute Gasteiger partial charge is 0.469 e. The number of unbranched alkanes of at least 4 members (excludes halogenated alkanes) is 6. The van der Waals surface area contributed by atoms with Crippen molar-refractivity contribution in [2.24, 2.45) is 0 Å². The van der Waals surface area contributed by atoms with Crippen LogP contribution in [-0.4, -0.2) is 89.3 Å². The van der Waals surface area contributed by atoms with Gasteiger partial charge in [0.05, 0.1) is 27.9 Å². The van der Waals surface area contributed by atoms with E-state index in [9.17, 15) is 19.2 Å². The lowest BCUT2D eigenvalue weighted by molar-refractivity contribution is -0.141. The van der Waals surface area contributed by atoms with Crippen molar-refractivity contribution in [3.63, 3.8) is 0 Å². The zero-order valence-corrected chi connectivity index (χ0v) is 33.2. The maximum absolute atomic E-state index is 10.5. The molecule has 1 aromatic carbocycles. The maximum atomic E-state index is 10.5. The monoisotopic (exact) mass is 740 g/mol. The van der Waals surface area contributed by atoms with Gasteiger partial charge in [-0.15, -0.1) is 0 Å². The average Bonchev–Trinajstić information content (AvgIpc) is 3.60. The lowest BCUT2D eigenvalue weighted by Gasteiger charge is -2.02. The molecule has 0 aliphatic rings. The number of ether oxygens (including phenoxy) is 7. The molecule has 1 heterocycles. The summed E-state index contributed by atoms with van der Waals surface area (Å²) < 4.78 is 36.2. The van der Waals surface area contributed by atoms with E-state index < -0.39 is 18.3 Å². The first-order valence-electron chi connectivity index (χ1n) is 17.5. The summed E-state index contributed by atoms with van der Waals surface area (Å²) in [6, 6.07) is 6.14. The number of esters is 2. The molecule has 0 bridgehead atoms. The molecule has 0 radical (unpaired) electrons. The van der Waals surface area contributed by atoms with Crippen LogP contribution in [0.3, 0.4) is 0 Å².